The Morgan fingerprint density at radius 1 is 1.75 bits per heavy atom. The molecule has 0 bridgehead atoms. The van der Waals surface area contributed by atoms with Crippen LogP contribution in [0.4, 0.5) is 0 Å². The molecule has 1 aromatic heterocycles. The molecule has 0 spiro atoms. The average Bonchev–Trinajstić information content (AvgIpc) is 2.36. The SMILES string of the molecule is Cn1c(Cl)cnc1/C=C/CCN. The topological polar surface area (TPSA) is 43.8 Å². The summed E-state index contributed by atoms with van der Waals surface area (Å²) in [5, 5.41) is 0.641. The third-order valence-electron chi connectivity index (χ3n) is 1.57. The van der Waals surface area contributed by atoms with E-state index < -0.39 is 0 Å². The molecule has 4 heteroatoms. The van der Waals surface area contributed by atoms with Gasteiger partial charge in [-0.25, -0.2) is 4.98 Å². The van der Waals surface area contributed by atoms with Crippen molar-refractivity contribution in [3.63, 3.8) is 0 Å². The molecule has 0 aliphatic carbocycles. The third-order valence-corrected chi connectivity index (χ3v) is 1.92. The van der Waals surface area contributed by atoms with Gasteiger partial charge in [-0.05, 0) is 19.0 Å². The van der Waals surface area contributed by atoms with Gasteiger partial charge >= 0.3 is 0 Å². The van der Waals surface area contributed by atoms with Gasteiger partial charge in [-0.15, -0.1) is 0 Å². The summed E-state index contributed by atoms with van der Waals surface area (Å²) >= 11 is 5.78. The van der Waals surface area contributed by atoms with Crippen LogP contribution in [0.15, 0.2) is 12.3 Å². The van der Waals surface area contributed by atoms with E-state index in [1.54, 1.807) is 6.20 Å². The van der Waals surface area contributed by atoms with Crippen molar-refractivity contribution in [2.24, 2.45) is 12.8 Å². The molecule has 0 fully saturated rings. The summed E-state index contributed by atoms with van der Waals surface area (Å²) in [7, 11) is 1.87. The first-order valence-electron chi connectivity index (χ1n) is 3.79. The molecule has 1 rings (SSSR count). The standard InChI is InChI=1S/C8H12ClN3/c1-12-7(9)6-11-8(12)4-2-3-5-10/h2,4,6H,3,5,10H2,1H3/b4-2+. The molecule has 1 aromatic rings. The van der Waals surface area contributed by atoms with Gasteiger partial charge < -0.3 is 10.3 Å². The number of imidazole rings is 1. The van der Waals surface area contributed by atoms with Gasteiger partial charge in [0.2, 0.25) is 0 Å². The quantitative estimate of drug-likeness (QED) is 0.775. The first kappa shape index (κ1) is 9.29. The lowest BCUT2D eigenvalue weighted by Crippen LogP contribution is -1.96. The number of hydrogen-bond donors (Lipinski definition) is 1. The molecule has 0 aromatic carbocycles. The van der Waals surface area contributed by atoms with Gasteiger partial charge in [-0.3, -0.25) is 0 Å². The Morgan fingerprint density at radius 2 is 2.50 bits per heavy atom. The molecule has 3 nitrogen and oxygen atoms in total. The van der Waals surface area contributed by atoms with E-state index in [2.05, 4.69) is 4.98 Å². The van der Waals surface area contributed by atoms with Crippen molar-refractivity contribution in [1.82, 2.24) is 9.55 Å². The fourth-order valence-corrected chi connectivity index (χ4v) is 0.977. The Labute approximate surface area is 76.8 Å². The molecule has 0 saturated heterocycles. The lowest BCUT2D eigenvalue weighted by Gasteiger charge is -1.95. The van der Waals surface area contributed by atoms with Gasteiger partial charge in [0.15, 0.2) is 0 Å². The van der Waals surface area contributed by atoms with Crippen LogP contribution in [0.1, 0.15) is 12.2 Å². The fraction of sp³-hybridized carbons (Fsp3) is 0.375. The highest BCUT2D eigenvalue weighted by molar-refractivity contribution is 6.29. The zero-order valence-electron chi connectivity index (χ0n) is 7.00. The van der Waals surface area contributed by atoms with Crippen molar-refractivity contribution in [2.45, 2.75) is 6.42 Å². The minimum absolute atomic E-state index is 0.641. The predicted octanol–water partition coefficient (Wildman–Crippen LogP) is 1.44. The molecular formula is C8H12ClN3. The van der Waals surface area contributed by atoms with Gasteiger partial charge in [-0.2, -0.15) is 0 Å². The van der Waals surface area contributed by atoms with Gasteiger partial charge in [-0.1, -0.05) is 17.7 Å². The van der Waals surface area contributed by atoms with E-state index in [9.17, 15) is 0 Å². The lowest BCUT2D eigenvalue weighted by atomic mass is 10.4. The second-order valence-electron chi connectivity index (χ2n) is 2.48. The molecule has 0 aliphatic rings. The van der Waals surface area contributed by atoms with E-state index in [1.807, 2.05) is 23.8 Å². The normalized spacial score (nSPS) is 11.2. The summed E-state index contributed by atoms with van der Waals surface area (Å²) in [6.07, 6.45) is 6.39. The zero-order valence-corrected chi connectivity index (χ0v) is 7.75. The molecular weight excluding hydrogens is 174 g/mol. The predicted molar refractivity (Wildman–Crippen MR) is 50.9 cm³/mol. The van der Waals surface area contributed by atoms with Crippen molar-refractivity contribution in [1.29, 1.82) is 0 Å². The smallest absolute Gasteiger partial charge is 0.133 e. The summed E-state index contributed by atoms with van der Waals surface area (Å²) in [6, 6.07) is 0. The molecule has 1 heterocycles. The Kier molecular flexibility index (Phi) is 3.31. The summed E-state index contributed by atoms with van der Waals surface area (Å²) in [5.74, 6) is 0.855. The molecule has 66 valence electrons. The monoisotopic (exact) mass is 185 g/mol. The molecule has 12 heavy (non-hydrogen) atoms. The van der Waals surface area contributed by atoms with Crippen LogP contribution in [0.3, 0.4) is 0 Å². The number of hydrogen-bond acceptors (Lipinski definition) is 2. The second kappa shape index (κ2) is 4.28. The van der Waals surface area contributed by atoms with Crippen LogP contribution in [0.5, 0.6) is 0 Å². The maximum atomic E-state index is 5.78. The van der Waals surface area contributed by atoms with Crippen LogP contribution in [-0.2, 0) is 7.05 Å². The van der Waals surface area contributed by atoms with Crippen LogP contribution in [0.25, 0.3) is 6.08 Å². The number of nitrogens with zero attached hydrogens (tertiary/aromatic N) is 2. The van der Waals surface area contributed by atoms with Gasteiger partial charge in [0.05, 0.1) is 6.20 Å². The number of rotatable bonds is 3. The van der Waals surface area contributed by atoms with Gasteiger partial charge in [0, 0.05) is 7.05 Å². The zero-order chi connectivity index (χ0) is 8.97. The Hall–Kier alpha value is -0.800. The summed E-state index contributed by atoms with van der Waals surface area (Å²) < 4.78 is 1.81. The second-order valence-corrected chi connectivity index (χ2v) is 2.87. The largest absolute Gasteiger partial charge is 0.330 e. The van der Waals surface area contributed by atoms with Crippen molar-refractivity contribution in [2.75, 3.05) is 6.54 Å². The maximum Gasteiger partial charge on any atom is 0.133 e. The third kappa shape index (κ3) is 2.09. The van der Waals surface area contributed by atoms with Crippen LogP contribution in [0.2, 0.25) is 5.15 Å². The number of nitrogens with two attached hydrogens (primary N) is 1. The molecule has 0 amide bonds. The highest BCUT2D eigenvalue weighted by Crippen LogP contribution is 2.09. The number of aromatic nitrogens is 2. The molecule has 0 aliphatic heterocycles. The Morgan fingerprint density at radius 3 is 3.00 bits per heavy atom. The Bertz CT molecular complexity index is 278. The van der Waals surface area contributed by atoms with E-state index in [-0.39, 0.29) is 0 Å². The van der Waals surface area contributed by atoms with Crippen molar-refractivity contribution < 1.29 is 0 Å². The summed E-state index contributed by atoms with van der Waals surface area (Å²) in [5.41, 5.74) is 5.33. The van der Waals surface area contributed by atoms with Crippen LogP contribution in [-0.4, -0.2) is 16.1 Å². The molecule has 0 saturated carbocycles. The van der Waals surface area contributed by atoms with E-state index in [4.69, 9.17) is 17.3 Å². The average molecular weight is 186 g/mol. The molecule has 0 atom stereocenters. The highest BCUT2D eigenvalue weighted by atomic mass is 35.5. The molecule has 2 N–H and O–H groups in total. The van der Waals surface area contributed by atoms with E-state index >= 15 is 0 Å². The number of halogens is 1. The molecule has 0 radical (unpaired) electrons. The maximum absolute atomic E-state index is 5.78. The van der Waals surface area contributed by atoms with E-state index in [1.165, 1.54) is 0 Å². The van der Waals surface area contributed by atoms with Crippen LogP contribution >= 0.6 is 11.6 Å². The van der Waals surface area contributed by atoms with Crippen molar-refractivity contribution in [3.8, 4) is 0 Å². The Balaban J connectivity index is 2.69. The van der Waals surface area contributed by atoms with Crippen LogP contribution in [0, 0.1) is 0 Å². The van der Waals surface area contributed by atoms with Gasteiger partial charge in [0.1, 0.15) is 11.0 Å². The minimum Gasteiger partial charge on any atom is -0.330 e. The lowest BCUT2D eigenvalue weighted by molar-refractivity contribution is 0.896. The van der Waals surface area contributed by atoms with Crippen LogP contribution < -0.4 is 5.73 Å². The summed E-state index contributed by atoms with van der Waals surface area (Å²) in [4.78, 5) is 4.09. The highest BCUT2D eigenvalue weighted by Gasteiger charge is 1.98. The first-order valence-corrected chi connectivity index (χ1v) is 4.17. The fourth-order valence-electron chi connectivity index (χ4n) is 0.842. The first-order chi connectivity index (χ1) is 5.75. The van der Waals surface area contributed by atoms with E-state index in [0.717, 1.165) is 12.2 Å². The van der Waals surface area contributed by atoms with Crippen molar-refractivity contribution >= 4 is 17.7 Å². The van der Waals surface area contributed by atoms with E-state index in [0.29, 0.717) is 11.7 Å². The van der Waals surface area contributed by atoms with Gasteiger partial charge in [0.25, 0.3) is 0 Å². The van der Waals surface area contributed by atoms with Crippen molar-refractivity contribution in [3.05, 3.63) is 23.3 Å². The minimum atomic E-state index is 0.641. The molecule has 0 unspecified atom stereocenters. The summed E-state index contributed by atoms with van der Waals surface area (Å²) in [6.45, 7) is 0.661.